The Balaban J connectivity index is 0.000000463. The van der Waals surface area contributed by atoms with Gasteiger partial charge in [-0.1, -0.05) is 109 Å². The van der Waals surface area contributed by atoms with Crippen LogP contribution in [0.2, 0.25) is 0 Å². The summed E-state index contributed by atoms with van der Waals surface area (Å²) in [6.45, 7) is 0. The van der Waals surface area contributed by atoms with Gasteiger partial charge in [-0.25, -0.2) is 8.42 Å². The first kappa shape index (κ1) is 33.1. The van der Waals surface area contributed by atoms with Gasteiger partial charge in [0.1, 0.15) is 0 Å². The molecular formula is C37H27F3O3S3. The first-order valence-corrected chi connectivity index (χ1v) is 17.1. The van der Waals surface area contributed by atoms with Crippen molar-refractivity contribution in [2.75, 3.05) is 0 Å². The zero-order valence-electron chi connectivity index (χ0n) is 24.1. The largest absolute Gasteiger partial charge is 0.741 e. The predicted octanol–water partition coefficient (Wildman–Crippen LogP) is 10.1. The highest BCUT2D eigenvalue weighted by molar-refractivity contribution is 7.99. The van der Waals surface area contributed by atoms with Crippen molar-refractivity contribution in [2.24, 2.45) is 0 Å². The van der Waals surface area contributed by atoms with E-state index in [-0.39, 0.29) is 0 Å². The number of hydrogen-bond acceptors (Lipinski definition) is 4. The lowest BCUT2D eigenvalue weighted by atomic mass is 9.95. The van der Waals surface area contributed by atoms with Crippen LogP contribution >= 0.6 is 11.8 Å². The van der Waals surface area contributed by atoms with E-state index in [1.807, 2.05) is 0 Å². The average molecular weight is 673 g/mol. The minimum absolute atomic E-state index is 1.22. The monoisotopic (exact) mass is 672 g/mol. The molecule has 0 aliphatic carbocycles. The Labute approximate surface area is 274 Å². The third-order valence-corrected chi connectivity index (χ3v) is 9.46. The molecule has 0 saturated carbocycles. The Morgan fingerprint density at radius 2 is 0.804 bits per heavy atom. The zero-order valence-corrected chi connectivity index (χ0v) is 26.7. The van der Waals surface area contributed by atoms with Crippen LogP contribution in [0.1, 0.15) is 0 Å². The molecule has 0 heterocycles. The van der Waals surface area contributed by atoms with Gasteiger partial charge in [0, 0.05) is 21.6 Å². The van der Waals surface area contributed by atoms with Crippen LogP contribution in [0.15, 0.2) is 177 Å². The van der Waals surface area contributed by atoms with Gasteiger partial charge in [0.05, 0.1) is 0 Å². The molecule has 0 fully saturated rings. The lowest BCUT2D eigenvalue weighted by Gasteiger charge is -2.10. The van der Waals surface area contributed by atoms with E-state index in [1.54, 1.807) is 11.8 Å². The van der Waals surface area contributed by atoms with Gasteiger partial charge in [-0.05, 0) is 94.0 Å². The second kappa shape index (κ2) is 14.9. The van der Waals surface area contributed by atoms with Crippen molar-refractivity contribution >= 4 is 33.6 Å². The van der Waals surface area contributed by atoms with Crippen molar-refractivity contribution in [3.05, 3.63) is 158 Å². The van der Waals surface area contributed by atoms with Gasteiger partial charge >= 0.3 is 5.51 Å². The molecule has 0 radical (unpaired) electrons. The van der Waals surface area contributed by atoms with Gasteiger partial charge in [-0.2, -0.15) is 13.2 Å². The Hall–Kier alpha value is -4.28. The van der Waals surface area contributed by atoms with Crippen LogP contribution < -0.4 is 0 Å². The fraction of sp³-hybridized carbons (Fsp3) is 0.0270. The zero-order chi connectivity index (χ0) is 32.6. The summed E-state index contributed by atoms with van der Waals surface area (Å²) in [6, 6.07) is 56.5. The van der Waals surface area contributed by atoms with E-state index in [4.69, 9.17) is 13.0 Å². The number of rotatable bonds is 7. The predicted molar refractivity (Wildman–Crippen MR) is 181 cm³/mol. The molecule has 0 aliphatic heterocycles. The number of halogens is 3. The van der Waals surface area contributed by atoms with E-state index in [2.05, 4.69) is 158 Å². The van der Waals surface area contributed by atoms with Gasteiger partial charge < -0.3 is 4.55 Å². The molecule has 46 heavy (non-hydrogen) atoms. The van der Waals surface area contributed by atoms with E-state index < -0.39 is 15.6 Å². The van der Waals surface area contributed by atoms with Crippen molar-refractivity contribution < 1.29 is 26.1 Å². The molecule has 0 N–H and O–H groups in total. The quantitative estimate of drug-likeness (QED) is 0.0733. The third kappa shape index (κ3) is 8.92. The van der Waals surface area contributed by atoms with Crippen LogP contribution in [-0.2, 0) is 21.9 Å². The van der Waals surface area contributed by atoms with Crippen LogP contribution in [0.4, 0.5) is 13.2 Å². The molecule has 6 aromatic rings. The summed E-state index contributed by atoms with van der Waals surface area (Å²) < 4.78 is 58.9. The molecule has 0 unspecified atom stereocenters. The summed E-state index contributed by atoms with van der Waals surface area (Å²) in [5.41, 5.74) is 1.87. The Morgan fingerprint density at radius 3 is 1.26 bits per heavy atom. The molecule has 0 spiro atoms. The Kier molecular flexibility index (Phi) is 10.7. The topological polar surface area (TPSA) is 57.2 Å². The minimum Gasteiger partial charge on any atom is -0.741 e. The molecule has 232 valence electrons. The number of hydrogen-bond donors (Lipinski definition) is 0. The second-order valence-electron chi connectivity index (χ2n) is 9.96. The summed E-state index contributed by atoms with van der Waals surface area (Å²) >= 11 is 3.02. The molecule has 3 nitrogen and oxygen atoms in total. The van der Waals surface area contributed by atoms with E-state index in [0.717, 1.165) is 0 Å². The lowest BCUT2D eigenvalue weighted by Crippen LogP contribution is -2.21. The van der Waals surface area contributed by atoms with Crippen LogP contribution in [0.3, 0.4) is 0 Å². The SMILES string of the molecule is O=S(=O)([O-])C(F)(F)F.c1ccc(-c2ccc(Sc3ccc([SH+]c4ccc(-c5ccccc5-c5ccccc5)cc4)cc3)cc2)cc1. The van der Waals surface area contributed by atoms with Gasteiger partial charge in [0.2, 0.25) is 0 Å². The fourth-order valence-electron chi connectivity index (χ4n) is 4.54. The Morgan fingerprint density at radius 1 is 0.478 bits per heavy atom. The van der Waals surface area contributed by atoms with Crippen molar-refractivity contribution in [3.8, 4) is 33.4 Å². The smallest absolute Gasteiger partial charge is 0.485 e. The molecule has 0 amide bonds. The third-order valence-electron chi connectivity index (χ3n) is 6.77. The summed E-state index contributed by atoms with van der Waals surface area (Å²) in [5.74, 6) is 0. The minimum atomic E-state index is -6.09. The molecule has 9 heteroatoms. The highest BCUT2D eigenvalue weighted by atomic mass is 32.2. The van der Waals surface area contributed by atoms with Gasteiger partial charge in [-0.15, -0.1) is 0 Å². The van der Waals surface area contributed by atoms with Gasteiger partial charge in [0.15, 0.2) is 19.9 Å². The van der Waals surface area contributed by atoms with Crippen LogP contribution in [0.5, 0.6) is 0 Å². The molecule has 0 aromatic heterocycles. The van der Waals surface area contributed by atoms with Crippen LogP contribution in [0, 0.1) is 0 Å². The second-order valence-corrected chi connectivity index (χ2v) is 13.7. The molecule has 0 aliphatic rings. The molecule has 0 saturated heterocycles. The average Bonchev–Trinajstić information content (AvgIpc) is 3.07. The van der Waals surface area contributed by atoms with Crippen LogP contribution in [0.25, 0.3) is 33.4 Å². The van der Waals surface area contributed by atoms with Gasteiger partial charge in [-0.3, -0.25) is 0 Å². The molecule has 0 bridgehead atoms. The van der Waals surface area contributed by atoms with Crippen LogP contribution in [-0.4, -0.2) is 18.5 Å². The summed E-state index contributed by atoms with van der Waals surface area (Å²) in [5, 5.41) is 0. The summed E-state index contributed by atoms with van der Waals surface area (Å²) in [7, 11) is -6.09. The van der Waals surface area contributed by atoms with Crippen molar-refractivity contribution in [1.82, 2.24) is 0 Å². The lowest BCUT2D eigenvalue weighted by molar-refractivity contribution is -0.0517. The maximum absolute atomic E-state index is 10.7. The molecule has 6 aromatic carbocycles. The van der Waals surface area contributed by atoms with E-state index in [0.29, 0.717) is 0 Å². The van der Waals surface area contributed by atoms with Crippen molar-refractivity contribution in [1.29, 1.82) is 0 Å². The Bertz CT molecular complexity index is 1960. The molecule has 6 rings (SSSR count). The van der Waals surface area contributed by atoms with Gasteiger partial charge in [0.25, 0.3) is 0 Å². The number of benzene rings is 6. The maximum Gasteiger partial charge on any atom is 0.485 e. The van der Waals surface area contributed by atoms with E-state index in [1.165, 1.54) is 64.7 Å². The fourth-order valence-corrected chi connectivity index (χ4v) is 6.25. The molecule has 0 atom stereocenters. The standard InChI is InChI=1S/C36H26S2.CHF3O3S/c1-3-9-27(10-4-1)28-15-19-31(20-16-28)37-33-23-25-34(26-24-33)38-32-21-17-30(18-22-32)36-14-8-7-13-35(36)29-11-5-2-6-12-29;2-1(3,4)8(5,6)7/h1-26H;(H,5,6,7). The first-order chi connectivity index (χ1) is 22.1. The summed E-state index contributed by atoms with van der Waals surface area (Å²) in [6.07, 6.45) is 0. The summed E-state index contributed by atoms with van der Waals surface area (Å²) in [4.78, 5) is 5.10. The number of alkyl halides is 3. The normalized spacial score (nSPS) is 11.4. The maximum atomic E-state index is 10.7. The molecular weight excluding hydrogens is 646 g/mol. The van der Waals surface area contributed by atoms with E-state index >= 15 is 0 Å². The highest BCUT2D eigenvalue weighted by Gasteiger charge is 2.36. The highest BCUT2D eigenvalue weighted by Crippen LogP contribution is 2.33. The van der Waals surface area contributed by atoms with Crippen molar-refractivity contribution in [2.45, 2.75) is 25.1 Å². The van der Waals surface area contributed by atoms with Crippen molar-refractivity contribution in [3.63, 3.8) is 0 Å². The van der Waals surface area contributed by atoms with E-state index in [9.17, 15) is 13.2 Å². The first-order valence-electron chi connectivity index (χ1n) is 14.0. The number of thiol groups is 1.